The molecule has 156 valence electrons. The second-order valence-electron chi connectivity index (χ2n) is 8.71. The quantitative estimate of drug-likeness (QED) is 0.396. The minimum absolute atomic E-state index is 0.0966. The number of nitrogens with zero attached hydrogens (tertiary/aromatic N) is 1. The third kappa shape index (κ3) is 4.60. The van der Waals surface area contributed by atoms with Gasteiger partial charge in [-0.05, 0) is 76.4 Å². The normalized spacial score (nSPS) is 16.6. The summed E-state index contributed by atoms with van der Waals surface area (Å²) in [6.07, 6.45) is 4.68. The first kappa shape index (κ1) is 21.1. The number of hydrogen-bond donors (Lipinski definition) is 1. The average molecular weight is 485 g/mol. The van der Waals surface area contributed by atoms with E-state index in [9.17, 15) is 4.79 Å². The van der Waals surface area contributed by atoms with E-state index in [4.69, 9.17) is 4.42 Å². The van der Waals surface area contributed by atoms with Crippen LogP contribution in [0.15, 0.2) is 56.5 Å². The standard InChI is InChI=1S/C24H25BrN2O2S/c1-24(2,3)15-9-11-18-19(13-15)30-23(26-14-17-10-12-20(25)29-17)21(18)22(28)27-16-7-5-4-6-8-16/h4-8,10,12,14-15H,9,11,13H2,1-3H3,(H,27,28)/t15-/m1/s1. The molecule has 0 saturated carbocycles. The highest BCUT2D eigenvalue weighted by Gasteiger charge is 2.33. The lowest BCUT2D eigenvalue weighted by molar-refractivity contribution is 0.102. The van der Waals surface area contributed by atoms with Crippen LogP contribution in [0.2, 0.25) is 0 Å². The van der Waals surface area contributed by atoms with Crippen molar-refractivity contribution in [1.29, 1.82) is 0 Å². The zero-order chi connectivity index (χ0) is 21.3. The molecule has 1 N–H and O–H groups in total. The molecule has 0 aliphatic heterocycles. The molecule has 0 radical (unpaired) electrons. The molecule has 2 aromatic heterocycles. The maximum atomic E-state index is 13.3. The zero-order valence-corrected chi connectivity index (χ0v) is 19.8. The number of halogens is 1. The van der Waals surface area contributed by atoms with E-state index in [2.05, 4.69) is 47.0 Å². The van der Waals surface area contributed by atoms with Crippen LogP contribution in [0, 0.1) is 11.3 Å². The van der Waals surface area contributed by atoms with Gasteiger partial charge in [-0.15, -0.1) is 11.3 Å². The largest absolute Gasteiger partial charge is 0.448 e. The molecule has 30 heavy (non-hydrogen) atoms. The molecular weight excluding hydrogens is 460 g/mol. The summed E-state index contributed by atoms with van der Waals surface area (Å²) in [5.74, 6) is 1.16. The van der Waals surface area contributed by atoms with Crippen LogP contribution < -0.4 is 5.32 Å². The molecule has 0 spiro atoms. The highest BCUT2D eigenvalue weighted by molar-refractivity contribution is 9.10. The maximum absolute atomic E-state index is 13.3. The summed E-state index contributed by atoms with van der Waals surface area (Å²) in [6, 6.07) is 13.2. The third-order valence-electron chi connectivity index (χ3n) is 5.63. The molecule has 1 atom stereocenters. The summed E-state index contributed by atoms with van der Waals surface area (Å²) in [6.45, 7) is 6.90. The van der Waals surface area contributed by atoms with Crippen molar-refractivity contribution in [1.82, 2.24) is 0 Å². The molecule has 4 rings (SSSR count). The van der Waals surface area contributed by atoms with Gasteiger partial charge < -0.3 is 9.73 Å². The van der Waals surface area contributed by atoms with E-state index in [1.165, 1.54) is 4.88 Å². The SMILES string of the molecule is CC(C)(C)[C@@H]1CCc2c(sc(N=Cc3ccc(Br)o3)c2C(=O)Nc2ccccc2)C1. The molecule has 0 saturated heterocycles. The second kappa shape index (κ2) is 8.52. The summed E-state index contributed by atoms with van der Waals surface area (Å²) in [7, 11) is 0. The van der Waals surface area contributed by atoms with E-state index in [-0.39, 0.29) is 11.3 Å². The number of carbonyl (C=O) groups is 1. The van der Waals surface area contributed by atoms with Gasteiger partial charge in [-0.1, -0.05) is 39.0 Å². The smallest absolute Gasteiger partial charge is 0.259 e. The fraction of sp³-hybridized carbons (Fsp3) is 0.333. The third-order valence-corrected chi connectivity index (χ3v) is 7.22. The number of para-hydroxylation sites is 1. The maximum Gasteiger partial charge on any atom is 0.259 e. The van der Waals surface area contributed by atoms with Crippen LogP contribution in [-0.2, 0) is 12.8 Å². The minimum atomic E-state index is -0.0966. The van der Waals surface area contributed by atoms with Crippen molar-refractivity contribution < 1.29 is 9.21 Å². The molecule has 4 nitrogen and oxygen atoms in total. The Bertz CT molecular complexity index is 1080. The van der Waals surface area contributed by atoms with Gasteiger partial charge in [-0.2, -0.15) is 0 Å². The lowest BCUT2D eigenvalue weighted by Crippen LogP contribution is -2.27. The van der Waals surface area contributed by atoms with E-state index in [1.807, 2.05) is 42.5 Å². The van der Waals surface area contributed by atoms with Gasteiger partial charge in [-0.3, -0.25) is 4.79 Å². The molecule has 1 amide bonds. The van der Waals surface area contributed by atoms with Crippen molar-refractivity contribution >= 4 is 50.1 Å². The van der Waals surface area contributed by atoms with Crippen molar-refractivity contribution in [2.45, 2.75) is 40.0 Å². The molecular formula is C24H25BrN2O2S. The van der Waals surface area contributed by atoms with Crippen LogP contribution in [0.4, 0.5) is 10.7 Å². The lowest BCUT2D eigenvalue weighted by atomic mass is 9.72. The number of benzene rings is 1. The Hall–Kier alpha value is -2.18. The van der Waals surface area contributed by atoms with Crippen LogP contribution in [0.1, 0.15) is 53.8 Å². The van der Waals surface area contributed by atoms with Gasteiger partial charge in [0, 0.05) is 10.6 Å². The molecule has 2 heterocycles. The monoisotopic (exact) mass is 484 g/mol. The van der Waals surface area contributed by atoms with Gasteiger partial charge in [-0.25, -0.2) is 4.99 Å². The Morgan fingerprint density at radius 2 is 2.00 bits per heavy atom. The first-order chi connectivity index (χ1) is 14.3. The Kier molecular flexibility index (Phi) is 5.98. The van der Waals surface area contributed by atoms with E-state index in [0.717, 1.165) is 35.5 Å². The van der Waals surface area contributed by atoms with Gasteiger partial charge in [0.2, 0.25) is 0 Å². The number of furan rings is 1. The fourth-order valence-electron chi connectivity index (χ4n) is 3.87. The van der Waals surface area contributed by atoms with E-state index < -0.39 is 0 Å². The van der Waals surface area contributed by atoms with Crippen molar-refractivity contribution in [2.75, 3.05) is 5.32 Å². The van der Waals surface area contributed by atoms with Crippen molar-refractivity contribution in [3.8, 4) is 0 Å². The van der Waals surface area contributed by atoms with E-state index in [1.54, 1.807) is 17.6 Å². The number of carbonyl (C=O) groups excluding carboxylic acids is 1. The summed E-state index contributed by atoms with van der Waals surface area (Å²) < 4.78 is 6.19. The Morgan fingerprint density at radius 1 is 1.23 bits per heavy atom. The van der Waals surface area contributed by atoms with Gasteiger partial charge in [0.25, 0.3) is 5.91 Å². The second-order valence-corrected chi connectivity index (χ2v) is 10.6. The van der Waals surface area contributed by atoms with Crippen LogP contribution in [0.3, 0.4) is 0 Å². The number of fused-ring (bicyclic) bond motifs is 1. The number of rotatable bonds is 4. The Labute approximate surface area is 189 Å². The molecule has 1 aliphatic rings. The highest BCUT2D eigenvalue weighted by Crippen LogP contribution is 2.45. The molecule has 1 aliphatic carbocycles. The number of hydrogen-bond acceptors (Lipinski definition) is 4. The number of amides is 1. The van der Waals surface area contributed by atoms with Crippen molar-refractivity contribution in [2.24, 2.45) is 16.3 Å². The van der Waals surface area contributed by atoms with E-state index >= 15 is 0 Å². The van der Waals surface area contributed by atoms with Crippen LogP contribution >= 0.6 is 27.3 Å². The Morgan fingerprint density at radius 3 is 2.67 bits per heavy atom. The van der Waals surface area contributed by atoms with Crippen LogP contribution in [0.5, 0.6) is 0 Å². The minimum Gasteiger partial charge on any atom is -0.448 e. The Balaban J connectivity index is 1.70. The van der Waals surface area contributed by atoms with Crippen LogP contribution in [0.25, 0.3) is 0 Å². The summed E-state index contributed by atoms with van der Waals surface area (Å²) in [5.41, 5.74) is 2.89. The first-order valence-electron chi connectivity index (χ1n) is 10.1. The van der Waals surface area contributed by atoms with Gasteiger partial charge in [0.1, 0.15) is 10.8 Å². The highest BCUT2D eigenvalue weighted by atomic mass is 79.9. The number of aliphatic imine (C=N–C) groups is 1. The van der Waals surface area contributed by atoms with Crippen LogP contribution in [-0.4, -0.2) is 12.1 Å². The lowest BCUT2D eigenvalue weighted by Gasteiger charge is -2.33. The number of thiophene rings is 1. The predicted molar refractivity (Wildman–Crippen MR) is 127 cm³/mol. The first-order valence-corrected chi connectivity index (χ1v) is 11.7. The summed E-state index contributed by atoms with van der Waals surface area (Å²) in [5, 5.41) is 3.79. The molecule has 1 aromatic carbocycles. The molecule has 0 unspecified atom stereocenters. The topological polar surface area (TPSA) is 54.6 Å². The number of anilines is 1. The molecule has 6 heteroatoms. The molecule has 3 aromatic rings. The summed E-state index contributed by atoms with van der Waals surface area (Å²) in [4.78, 5) is 19.2. The van der Waals surface area contributed by atoms with Crippen molar-refractivity contribution in [3.05, 3.63) is 68.9 Å². The average Bonchev–Trinajstić information content (AvgIpc) is 3.28. The number of nitrogens with one attached hydrogen (secondary N) is 1. The summed E-state index contributed by atoms with van der Waals surface area (Å²) >= 11 is 4.95. The van der Waals surface area contributed by atoms with Crippen molar-refractivity contribution in [3.63, 3.8) is 0 Å². The van der Waals surface area contributed by atoms with E-state index in [0.29, 0.717) is 21.9 Å². The van der Waals surface area contributed by atoms with Gasteiger partial charge >= 0.3 is 0 Å². The fourth-order valence-corrected chi connectivity index (χ4v) is 5.46. The zero-order valence-electron chi connectivity index (χ0n) is 17.4. The predicted octanol–water partition coefficient (Wildman–Crippen LogP) is 7.26. The van der Waals surface area contributed by atoms with Gasteiger partial charge in [0.15, 0.2) is 4.67 Å². The molecule has 0 bridgehead atoms. The molecule has 0 fully saturated rings. The van der Waals surface area contributed by atoms with Gasteiger partial charge in [0.05, 0.1) is 11.8 Å².